The van der Waals surface area contributed by atoms with E-state index in [1.807, 2.05) is 36.4 Å². The van der Waals surface area contributed by atoms with Gasteiger partial charge in [0.1, 0.15) is 5.75 Å². The summed E-state index contributed by atoms with van der Waals surface area (Å²) in [5.41, 5.74) is 5.14. The summed E-state index contributed by atoms with van der Waals surface area (Å²) in [4.78, 5) is 0. The Morgan fingerprint density at radius 2 is 1.93 bits per heavy atom. The number of hydrogen-bond acceptors (Lipinski definition) is 6. The zero-order chi connectivity index (χ0) is 20.8. The van der Waals surface area contributed by atoms with E-state index >= 15 is 0 Å². The van der Waals surface area contributed by atoms with E-state index in [4.69, 9.17) is 26.4 Å². The molecule has 0 radical (unpaired) electrons. The molecule has 0 amide bonds. The number of benzene rings is 2. The Balaban J connectivity index is 1.87. The van der Waals surface area contributed by atoms with Crippen molar-refractivity contribution in [2.45, 2.75) is 19.9 Å². The molecule has 3 aromatic rings. The highest BCUT2D eigenvalue weighted by atomic mass is 79.9. The third-order valence-corrected chi connectivity index (χ3v) is 5.06. The van der Waals surface area contributed by atoms with Crippen LogP contribution < -0.4 is 19.6 Å². The number of halogens is 1. The molecule has 1 aromatic heterocycles. The summed E-state index contributed by atoms with van der Waals surface area (Å²) in [6, 6.07) is 11.6. The van der Waals surface area contributed by atoms with Crippen LogP contribution >= 0.6 is 28.1 Å². The molecule has 154 valence electrons. The Morgan fingerprint density at radius 3 is 2.66 bits per heavy atom. The topological polar surface area (TPSA) is 73.3 Å². The maximum atomic E-state index is 5.79. The van der Waals surface area contributed by atoms with Gasteiger partial charge in [-0.15, -0.1) is 0 Å². The standard InChI is InChI=1S/C20H23BrN4O3S/c1-4-9-28-18-15(21)10-13(11-17(18)27-3)12-22-25-19(23-24-20(25)29)14-7-5-6-8-16(14)26-2/h5-8,10-11,22H,4,9,12H2,1-3H3,(H,24,29). The van der Waals surface area contributed by atoms with Gasteiger partial charge in [0.05, 0.1) is 37.4 Å². The van der Waals surface area contributed by atoms with E-state index in [1.165, 1.54) is 0 Å². The van der Waals surface area contributed by atoms with Gasteiger partial charge >= 0.3 is 0 Å². The van der Waals surface area contributed by atoms with Crippen LogP contribution in [-0.2, 0) is 6.54 Å². The van der Waals surface area contributed by atoms with Crippen molar-refractivity contribution < 1.29 is 14.2 Å². The number of hydrogen-bond donors (Lipinski definition) is 2. The molecule has 0 aliphatic rings. The minimum Gasteiger partial charge on any atom is -0.496 e. The van der Waals surface area contributed by atoms with Crippen LogP contribution in [0, 0.1) is 4.77 Å². The third-order valence-electron chi connectivity index (χ3n) is 4.20. The Bertz CT molecular complexity index is 1030. The molecular formula is C20H23BrN4O3S. The molecule has 2 aromatic carbocycles. The van der Waals surface area contributed by atoms with Crippen LogP contribution in [0.5, 0.6) is 17.2 Å². The van der Waals surface area contributed by atoms with Gasteiger partial charge in [-0.3, -0.25) is 0 Å². The Labute approximate surface area is 183 Å². The minimum absolute atomic E-state index is 0.458. The fraction of sp³-hybridized carbons (Fsp3) is 0.300. The van der Waals surface area contributed by atoms with Crippen LogP contribution in [0.15, 0.2) is 40.9 Å². The van der Waals surface area contributed by atoms with E-state index in [1.54, 1.807) is 18.9 Å². The number of aromatic amines is 1. The minimum atomic E-state index is 0.458. The third kappa shape index (κ3) is 4.73. The molecule has 0 saturated carbocycles. The van der Waals surface area contributed by atoms with Crippen molar-refractivity contribution in [3.63, 3.8) is 0 Å². The number of methoxy groups -OCH3 is 2. The summed E-state index contributed by atoms with van der Waals surface area (Å²) in [5.74, 6) is 2.73. The summed E-state index contributed by atoms with van der Waals surface area (Å²) in [5, 5.41) is 7.19. The molecule has 7 nitrogen and oxygen atoms in total. The lowest BCUT2D eigenvalue weighted by Crippen LogP contribution is -2.16. The number of H-pyrrole nitrogens is 1. The van der Waals surface area contributed by atoms with E-state index in [2.05, 4.69) is 38.5 Å². The lowest BCUT2D eigenvalue weighted by Gasteiger charge is -2.15. The van der Waals surface area contributed by atoms with Crippen molar-refractivity contribution in [2.75, 3.05) is 26.3 Å². The van der Waals surface area contributed by atoms with Crippen molar-refractivity contribution in [3.8, 4) is 28.6 Å². The Morgan fingerprint density at radius 1 is 1.17 bits per heavy atom. The van der Waals surface area contributed by atoms with E-state index < -0.39 is 0 Å². The number of nitrogens with one attached hydrogen (secondary N) is 2. The lowest BCUT2D eigenvalue weighted by atomic mass is 10.2. The molecule has 0 atom stereocenters. The van der Waals surface area contributed by atoms with E-state index in [0.717, 1.165) is 22.0 Å². The number of nitrogens with zero attached hydrogens (tertiary/aromatic N) is 2. The molecule has 0 unspecified atom stereocenters. The van der Waals surface area contributed by atoms with E-state index in [-0.39, 0.29) is 0 Å². The second-order valence-corrected chi connectivity index (χ2v) is 7.42. The van der Waals surface area contributed by atoms with Gasteiger partial charge in [0, 0.05) is 0 Å². The van der Waals surface area contributed by atoms with Gasteiger partial charge in [0.2, 0.25) is 4.77 Å². The van der Waals surface area contributed by atoms with Gasteiger partial charge in [-0.2, -0.15) is 5.10 Å². The highest BCUT2D eigenvalue weighted by molar-refractivity contribution is 9.10. The van der Waals surface area contributed by atoms with Crippen LogP contribution in [0.25, 0.3) is 11.4 Å². The van der Waals surface area contributed by atoms with Crippen molar-refractivity contribution in [2.24, 2.45) is 0 Å². The predicted octanol–water partition coefficient (Wildman–Crippen LogP) is 4.92. The quantitative estimate of drug-likeness (QED) is 0.425. The normalized spacial score (nSPS) is 10.6. The average molecular weight is 479 g/mol. The van der Waals surface area contributed by atoms with Gasteiger partial charge in [-0.05, 0) is 64.4 Å². The average Bonchev–Trinajstić information content (AvgIpc) is 3.11. The van der Waals surface area contributed by atoms with Crippen LogP contribution in [0.1, 0.15) is 18.9 Å². The Hall–Kier alpha value is -2.52. The van der Waals surface area contributed by atoms with E-state index in [0.29, 0.717) is 41.0 Å². The number of rotatable bonds is 9. The van der Waals surface area contributed by atoms with E-state index in [9.17, 15) is 0 Å². The first-order valence-corrected chi connectivity index (χ1v) is 10.3. The predicted molar refractivity (Wildman–Crippen MR) is 119 cm³/mol. The molecule has 3 rings (SSSR count). The lowest BCUT2D eigenvalue weighted by molar-refractivity contribution is 0.292. The number of ether oxygens (including phenoxy) is 3. The molecule has 1 heterocycles. The molecule has 0 saturated heterocycles. The smallest absolute Gasteiger partial charge is 0.214 e. The van der Waals surface area contributed by atoms with Gasteiger partial charge in [0.25, 0.3) is 0 Å². The Kier molecular flexibility index (Phi) is 7.16. The summed E-state index contributed by atoms with van der Waals surface area (Å²) < 4.78 is 19.8. The summed E-state index contributed by atoms with van der Waals surface area (Å²) in [7, 11) is 3.26. The number of aromatic nitrogens is 3. The molecule has 0 bridgehead atoms. The van der Waals surface area contributed by atoms with Gasteiger partial charge in [-0.25, -0.2) is 9.77 Å². The van der Waals surface area contributed by atoms with Crippen LogP contribution in [0.4, 0.5) is 0 Å². The second-order valence-electron chi connectivity index (χ2n) is 6.18. The van der Waals surface area contributed by atoms with Crippen LogP contribution in [0.2, 0.25) is 0 Å². The number of para-hydroxylation sites is 1. The molecule has 29 heavy (non-hydrogen) atoms. The van der Waals surface area contributed by atoms with Crippen LogP contribution in [-0.4, -0.2) is 35.7 Å². The second kappa shape index (κ2) is 9.80. The molecule has 0 fully saturated rings. The summed E-state index contributed by atoms with van der Waals surface area (Å²) in [6.07, 6.45) is 0.920. The zero-order valence-electron chi connectivity index (χ0n) is 16.5. The highest BCUT2D eigenvalue weighted by Gasteiger charge is 2.15. The fourth-order valence-corrected chi connectivity index (χ4v) is 3.64. The molecular weight excluding hydrogens is 456 g/mol. The van der Waals surface area contributed by atoms with Crippen molar-refractivity contribution >= 4 is 28.1 Å². The van der Waals surface area contributed by atoms with Gasteiger partial charge in [-0.1, -0.05) is 19.1 Å². The zero-order valence-corrected chi connectivity index (χ0v) is 18.9. The summed E-state index contributed by atoms with van der Waals surface area (Å²) >= 11 is 8.98. The molecule has 2 N–H and O–H groups in total. The molecule has 0 spiro atoms. The molecule has 9 heteroatoms. The maximum absolute atomic E-state index is 5.79. The molecule has 0 aliphatic heterocycles. The monoisotopic (exact) mass is 478 g/mol. The first-order valence-electron chi connectivity index (χ1n) is 9.12. The first-order chi connectivity index (χ1) is 14.1. The van der Waals surface area contributed by atoms with Crippen molar-refractivity contribution in [1.29, 1.82) is 0 Å². The highest BCUT2D eigenvalue weighted by Crippen LogP contribution is 2.37. The van der Waals surface area contributed by atoms with Crippen LogP contribution in [0.3, 0.4) is 0 Å². The van der Waals surface area contributed by atoms with Crippen molar-refractivity contribution in [1.82, 2.24) is 14.9 Å². The maximum Gasteiger partial charge on any atom is 0.214 e. The fourth-order valence-electron chi connectivity index (χ4n) is 2.84. The SMILES string of the molecule is CCCOc1c(Br)cc(CNn2c(-c3ccccc3OC)n[nH]c2=S)cc1OC. The van der Waals surface area contributed by atoms with Gasteiger partial charge < -0.3 is 19.6 Å². The van der Waals surface area contributed by atoms with Crippen molar-refractivity contribution in [3.05, 3.63) is 51.2 Å². The summed E-state index contributed by atoms with van der Waals surface area (Å²) in [6.45, 7) is 3.19. The largest absolute Gasteiger partial charge is 0.496 e. The van der Waals surface area contributed by atoms with Gasteiger partial charge in [0.15, 0.2) is 17.3 Å². The molecule has 0 aliphatic carbocycles. The first kappa shape index (κ1) is 21.2.